The molecule has 1 aromatic rings. The fraction of sp³-hybridized carbons (Fsp3) is 0.364. The summed E-state index contributed by atoms with van der Waals surface area (Å²) >= 11 is 11.5. The van der Waals surface area contributed by atoms with Crippen LogP contribution in [0.4, 0.5) is 0 Å². The Morgan fingerprint density at radius 2 is 2.00 bits per heavy atom. The molecule has 2 rings (SSSR count). The van der Waals surface area contributed by atoms with Gasteiger partial charge in [0.1, 0.15) is 10.3 Å². The van der Waals surface area contributed by atoms with Crippen LogP contribution in [0.3, 0.4) is 0 Å². The number of carbonyl (C=O) groups is 1. The van der Waals surface area contributed by atoms with E-state index in [1.165, 1.54) is 0 Å². The number of rotatable bonds is 3. The maximum absolute atomic E-state index is 11.5. The molecule has 1 aliphatic rings. The van der Waals surface area contributed by atoms with Gasteiger partial charge in [-0.2, -0.15) is 0 Å². The number of aromatic nitrogens is 1. The predicted molar refractivity (Wildman–Crippen MR) is 65.6 cm³/mol. The van der Waals surface area contributed by atoms with Gasteiger partial charge < -0.3 is 4.74 Å². The van der Waals surface area contributed by atoms with Crippen molar-refractivity contribution in [1.82, 2.24) is 4.98 Å². The summed E-state index contributed by atoms with van der Waals surface area (Å²) in [5.41, 5.74) is 0.571. The van der Waals surface area contributed by atoms with Crippen molar-refractivity contribution in [3.05, 3.63) is 28.0 Å². The van der Waals surface area contributed by atoms with Gasteiger partial charge in [0.2, 0.25) is 5.90 Å². The molecule has 0 saturated carbocycles. The van der Waals surface area contributed by atoms with Gasteiger partial charge in [0.15, 0.2) is 6.04 Å². The van der Waals surface area contributed by atoms with Crippen molar-refractivity contribution in [2.24, 2.45) is 4.99 Å². The van der Waals surface area contributed by atoms with Crippen LogP contribution in [0.15, 0.2) is 17.1 Å². The zero-order chi connectivity index (χ0) is 12.4. The van der Waals surface area contributed by atoms with Crippen molar-refractivity contribution in [2.75, 3.05) is 0 Å². The minimum atomic E-state index is -0.416. The van der Waals surface area contributed by atoms with Gasteiger partial charge in [-0.15, -0.1) is 0 Å². The first-order valence-electron chi connectivity index (χ1n) is 5.23. The molecule has 0 aliphatic carbocycles. The quantitative estimate of drug-likeness (QED) is 0.628. The maximum Gasteiger partial charge on any atom is 0.337 e. The number of halogens is 2. The van der Waals surface area contributed by atoms with Gasteiger partial charge in [0, 0.05) is 5.56 Å². The lowest BCUT2D eigenvalue weighted by atomic mass is 10.2. The average Bonchev–Trinajstić information content (AvgIpc) is 2.60. The number of hydrogen-bond donors (Lipinski definition) is 0. The molecule has 0 spiro atoms. The third-order valence-electron chi connectivity index (χ3n) is 2.31. The van der Waals surface area contributed by atoms with Crippen molar-refractivity contribution in [2.45, 2.75) is 25.8 Å². The van der Waals surface area contributed by atoms with E-state index in [4.69, 9.17) is 27.9 Å². The number of esters is 1. The highest BCUT2D eigenvalue weighted by molar-refractivity contribution is 6.33. The van der Waals surface area contributed by atoms with E-state index in [9.17, 15) is 4.79 Å². The second kappa shape index (κ2) is 5.02. The minimum Gasteiger partial charge on any atom is -0.406 e. The van der Waals surface area contributed by atoms with E-state index in [2.05, 4.69) is 9.98 Å². The van der Waals surface area contributed by atoms with E-state index < -0.39 is 6.04 Å². The van der Waals surface area contributed by atoms with Gasteiger partial charge in [0.25, 0.3) is 0 Å². The summed E-state index contributed by atoms with van der Waals surface area (Å²) in [4.78, 5) is 19.5. The molecule has 6 heteroatoms. The summed E-state index contributed by atoms with van der Waals surface area (Å²) in [5.74, 6) is -0.0643. The van der Waals surface area contributed by atoms with E-state index in [1.807, 2.05) is 6.92 Å². The van der Waals surface area contributed by atoms with E-state index in [0.717, 1.165) is 6.42 Å². The van der Waals surface area contributed by atoms with Gasteiger partial charge >= 0.3 is 5.97 Å². The molecule has 0 aromatic carbocycles. The van der Waals surface area contributed by atoms with Crippen LogP contribution < -0.4 is 0 Å². The van der Waals surface area contributed by atoms with E-state index in [-0.39, 0.29) is 22.2 Å². The molecule has 1 atom stereocenters. The average molecular weight is 273 g/mol. The van der Waals surface area contributed by atoms with Crippen LogP contribution in [0.1, 0.15) is 25.3 Å². The Kier molecular flexibility index (Phi) is 3.64. The lowest BCUT2D eigenvalue weighted by Gasteiger charge is -2.00. The minimum absolute atomic E-state index is 0.241. The molecule has 17 heavy (non-hydrogen) atoms. The zero-order valence-corrected chi connectivity index (χ0v) is 10.6. The van der Waals surface area contributed by atoms with Crippen molar-refractivity contribution >= 4 is 35.1 Å². The third kappa shape index (κ3) is 2.76. The second-order valence-electron chi connectivity index (χ2n) is 3.66. The molecule has 1 aromatic heterocycles. The Labute approximate surface area is 109 Å². The predicted octanol–water partition coefficient (Wildman–Crippen LogP) is 2.86. The van der Waals surface area contributed by atoms with Crippen LogP contribution >= 0.6 is 23.2 Å². The zero-order valence-electron chi connectivity index (χ0n) is 9.11. The van der Waals surface area contributed by atoms with Gasteiger partial charge in [-0.05, 0) is 18.6 Å². The monoisotopic (exact) mass is 272 g/mol. The number of carbonyl (C=O) groups excluding carboxylic acids is 1. The van der Waals surface area contributed by atoms with Crippen LogP contribution in [-0.2, 0) is 9.53 Å². The highest BCUT2D eigenvalue weighted by Crippen LogP contribution is 2.20. The molecule has 0 fully saturated rings. The smallest absolute Gasteiger partial charge is 0.337 e. The number of hydrogen-bond acceptors (Lipinski definition) is 4. The summed E-state index contributed by atoms with van der Waals surface area (Å²) in [6.45, 7) is 1.99. The topological polar surface area (TPSA) is 51.6 Å². The molecule has 0 N–H and O–H groups in total. The van der Waals surface area contributed by atoms with Crippen molar-refractivity contribution < 1.29 is 9.53 Å². The standard InChI is InChI=1S/C11H10Cl2N2O2/c1-2-3-7-11(16)17-10(14-7)6-4-8(12)15-9(13)5-6/h4-5,7H,2-3H2,1H3. The first-order valence-corrected chi connectivity index (χ1v) is 5.98. The lowest BCUT2D eigenvalue weighted by molar-refractivity contribution is -0.135. The number of nitrogens with zero attached hydrogens (tertiary/aromatic N) is 2. The number of aliphatic imine (C=N–C) groups is 1. The molecular formula is C11H10Cl2N2O2. The Hall–Kier alpha value is -1.13. The lowest BCUT2D eigenvalue weighted by Crippen LogP contribution is -2.14. The van der Waals surface area contributed by atoms with Gasteiger partial charge in [0.05, 0.1) is 0 Å². The Morgan fingerprint density at radius 1 is 1.35 bits per heavy atom. The fourth-order valence-electron chi connectivity index (χ4n) is 1.56. The Morgan fingerprint density at radius 3 is 2.59 bits per heavy atom. The highest BCUT2D eigenvalue weighted by atomic mass is 35.5. The fourth-order valence-corrected chi connectivity index (χ4v) is 2.02. The Bertz CT molecular complexity index is 468. The molecule has 90 valence electrons. The number of pyridine rings is 1. The van der Waals surface area contributed by atoms with E-state index in [0.29, 0.717) is 12.0 Å². The van der Waals surface area contributed by atoms with Crippen LogP contribution in [0.2, 0.25) is 10.3 Å². The van der Waals surface area contributed by atoms with Crippen LogP contribution in [0.5, 0.6) is 0 Å². The highest BCUT2D eigenvalue weighted by Gasteiger charge is 2.29. The van der Waals surface area contributed by atoms with E-state index >= 15 is 0 Å². The summed E-state index contributed by atoms with van der Waals surface area (Å²) < 4.78 is 5.09. The number of ether oxygens (including phenoxy) is 1. The second-order valence-corrected chi connectivity index (χ2v) is 4.44. The van der Waals surface area contributed by atoms with Crippen LogP contribution in [0.25, 0.3) is 0 Å². The van der Waals surface area contributed by atoms with Crippen molar-refractivity contribution in [3.8, 4) is 0 Å². The van der Waals surface area contributed by atoms with Crippen LogP contribution in [-0.4, -0.2) is 22.9 Å². The summed E-state index contributed by atoms with van der Waals surface area (Å²) in [6, 6.07) is 2.71. The van der Waals surface area contributed by atoms with Gasteiger partial charge in [-0.25, -0.2) is 14.8 Å². The van der Waals surface area contributed by atoms with Gasteiger partial charge in [-0.3, -0.25) is 0 Å². The molecule has 2 heterocycles. The maximum atomic E-state index is 11.5. The molecule has 0 radical (unpaired) electrons. The molecule has 1 aliphatic heterocycles. The summed E-state index contributed by atoms with van der Waals surface area (Å²) in [5, 5.41) is 0.482. The van der Waals surface area contributed by atoms with Gasteiger partial charge in [-0.1, -0.05) is 36.5 Å². The molecule has 0 amide bonds. The third-order valence-corrected chi connectivity index (χ3v) is 2.70. The molecule has 0 saturated heterocycles. The first-order chi connectivity index (χ1) is 8.10. The van der Waals surface area contributed by atoms with Crippen molar-refractivity contribution in [1.29, 1.82) is 0 Å². The molecule has 0 bridgehead atoms. The van der Waals surface area contributed by atoms with E-state index in [1.54, 1.807) is 12.1 Å². The summed E-state index contributed by atoms with van der Waals surface area (Å²) in [7, 11) is 0. The number of cyclic esters (lactones) is 1. The first kappa shape index (κ1) is 12.3. The molecule has 4 nitrogen and oxygen atoms in total. The summed E-state index contributed by atoms with van der Waals surface area (Å²) in [6.07, 6.45) is 1.54. The largest absolute Gasteiger partial charge is 0.406 e. The molecule has 1 unspecified atom stereocenters. The SMILES string of the molecule is CCCC1N=C(c2cc(Cl)nc(Cl)c2)OC1=O. The molecular weight excluding hydrogens is 263 g/mol. The van der Waals surface area contributed by atoms with Crippen LogP contribution in [0, 0.1) is 0 Å². The normalized spacial score (nSPS) is 19.1. The Balaban J connectivity index is 2.29. The van der Waals surface area contributed by atoms with Crippen molar-refractivity contribution in [3.63, 3.8) is 0 Å².